The van der Waals surface area contributed by atoms with Crippen molar-refractivity contribution in [3.63, 3.8) is 0 Å². The number of carbonyl (C=O) groups is 1. The summed E-state index contributed by atoms with van der Waals surface area (Å²) in [7, 11) is 2.24. The number of benzene rings is 1. The van der Waals surface area contributed by atoms with Crippen molar-refractivity contribution in [1.82, 2.24) is 9.78 Å². The molecular weight excluding hydrogens is 356 g/mol. The quantitative estimate of drug-likeness (QED) is 0.614. The third kappa shape index (κ3) is 3.78. The monoisotopic (exact) mass is 366 g/mol. The molecule has 5 nitrogen and oxygen atoms in total. The lowest BCUT2D eigenvalue weighted by molar-refractivity contribution is -0.144. The molecule has 0 N–H and O–H groups in total. The second kappa shape index (κ2) is 6.68. The first-order valence-electron chi connectivity index (χ1n) is 6.43. The van der Waals surface area contributed by atoms with Crippen molar-refractivity contribution in [1.29, 1.82) is 0 Å². The zero-order valence-electron chi connectivity index (χ0n) is 12.4. The van der Waals surface area contributed by atoms with Gasteiger partial charge in [-0.25, -0.2) is 9.18 Å². The average Bonchev–Trinajstić information content (AvgIpc) is 2.87. The number of aromatic nitrogens is 2. The first-order chi connectivity index (χ1) is 11.1. The lowest BCUT2D eigenvalue weighted by Gasteiger charge is -2.09. The molecule has 10 heteroatoms. The van der Waals surface area contributed by atoms with Gasteiger partial charge in [0.15, 0.2) is 6.61 Å². The van der Waals surface area contributed by atoms with Crippen molar-refractivity contribution in [3.05, 3.63) is 34.7 Å². The number of alkyl halides is 3. The molecule has 1 aromatic heterocycles. The second-order valence-electron chi connectivity index (χ2n) is 4.66. The van der Waals surface area contributed by atoms with Gasteiger partial charge < -0.3 is 9.47 Å². The predicted octanol–water partition coefficient (Wildman–Crippen LogP) is 3.45. The largest absolute Gasteiger partial charge is 0.480 e. The van der Waals surface area contributed by atoms with Crippen LogP contribution in [-0.4, -0.2) is 29.5 Å². The molecule has 2 aromatic rings. The van der Waals surface area contributed by atoms with Crippen LogP contribution in [0.2, 0.25) is 5.02 Å². The van der Waals surface area contributed by atoms with Gasteiger partial charge in [0, 0.05) is 12.6 Å². The van der Waals surface area contributed by atoms with Gasteiger partial charge in [-0.3, -0.25) is 4.68 Å². The molecule has 0 atom stereocenters. The van der Waals surface area contributed by atoms with E-state index >= 15 is 0 Å². The molecule has 2 rings (SSSR count). The molecule has 0 saturated heterocycles. The number of methoxy groups -OCH3 is 1. The Morgan fingerprint density at radius 3 is 2.54 bits per heavy atom. The van der Waals surface area contributed by atoms with Crippen molar-refractivity contribution < 1.29 is 31.8 Å². The van der Waals surface area contributed by atoms with E-state index < -0.39 is 30.3 Å². The molecule has 0 saturated carbocycles. The Morgan fingerprint density at radius 1 is 1.33 bits per heavy atom. The maximum Gasteiger partial charge on any atom is 0.433 e. The third-order valence-corrected chi connectivity index (χ3v) is 3.34. The van der Waals surface area contributed by atoms with Crippen molar-refractivity contribution in [2.45, 2.75) is 6.18 Å². The van der Waals surface area contributed by atoms with Gasteiger partial charge >= 0.3 is 12.1 Å². The van der Waals surface area contributed by atoms with E-state index in [0.717, 1.165) is 26.3 Å². The normalized spacial score (nSPS) is 11.5. The van der Waals surface area contributed by atoms with Crippen LogP contribution in [-0.2, 0) is 22.8 Å². The number of rotatable bonds is 4. The fourth-order valence-corrected chi connectivity index (χ4v) is 2.10. The molecule has 24 heavy (non-hydrogen) atoms. The molecule has 0 aliphatic carbocycles. The Bertz CT molecular complexity index is 774. The Morgan fingerprint density at radius 2 is 2.00 bits per heavy atom. The maximum atomic E-state index is 14.1. The van der Waals surface area contributed by atoms with Gasteiger partial charge in [-0.05, 0) is 18.2 Å². The second-order valence-corrected chi connectivity index (χ2v) is 5.07. The molecule has 0 radical (unpaired) electrons. The lowest BCUT2D eigenvalue weighted by Crippen LogP contribution is -2.12. The highest BCUT2D eigenvalue weighted by atomic mass is 35.5. The first-order valence-corrected chi connectivity index (χ1v) is 6.81. The molecule has 0 aliphatic heterocycles. The summed E-state index contributed by atoms with van der Waals surface area (Å²) < 4.78 is 62.6. The highest BCUT2D eigenvalue weighted by Gasteiger charge is 2.35. The number of carbonyl (C=O) groups excluding carboxylic acids is 1. The Hall–Kier alpha value is -2.29. The van der Waals surface area contributed by atoms with Crippen LogP contribution in [0.15, 0.2) is 18.2 Å². The van der Waals surface area contributed by atoms with Crippen LogP contribution in [0.1, 0.15) is 5.69 Å². The van der Waals surface area contributed by atoms with Crippen molar-refractivity contribution in [3.8, 4) is 17.0 Å². The van der Waals surface area contributed by atoms with E-state index in [9.17, 15) is 22.4 Å². The Labute approximate surface area is 138 Å². The summed E-state index contributed by atoms with van der Waals surface area (Å²) in [4.78, 5) is 11.1. The minimum atomic E-state index is -4.63. The number of aryl methyl sites for hydroxylation is 1. The molecule has 0 unspecified atom stereocenters. The highest BCUT2D eigenvalue weighted by Crippen LogP contribution is 2.36. The van der Waals surface area contributed by atoms with E-state index in [-0.39, 0.29) is 22.0 Å². The topological polar surface area (TPSA) is 53.4 Å². The number of halogens is 5. The molecule has 1 aromatic carbocycles. The molecular formula is C14H11ClF4N2O3. The number of ether oxygens (including phenoxy) is 2. The van der Waals surface area contributed by atoms with Crippen LogP contribution in [0, 0.1) is 5.82 Å². The van der Waals surface area contributed by atoms with E-state index in [1.54, 1.807) is 0 Å². The first kappa shape index (κ1) is 18.1. The highest BCUT2D eigenvalue weighted by molar-refractivity contribution is 6.32. The van der Waals surface area contributed by atoms with Crippen LogP contribution >= 0.6 is 11.6 Å². The van der Waals surface area contributed by atoms with Crippen LogP contribution in [0.4, 0.5) is 17.6 Å². The standard InChI is InChI=1S/C14H11ClF4N2O3/c1-21-12(14(17,18)19)5-10(20-21)7-3-11(8(15)4-9(7)16)24-6-13(22)23-2/h3-5H,6H2,1-2H3. The average molecular weight is 367 g/mol. The zero-order chi connectivity index (χ0) is 18.1. The van der Waals surface area contributed by atoms with Gasteiger partial charge in [0.2, 0.25) is 0 Å². The molecule has 0 aliphatic rings. The summed E-state index contributed by atoms with van der Waals surface area (Å²) in [5.74, 6) is -1.66. The minimum absolute atomic E-state index is 0.0855. The third-order valence-electron chi connectivity index (χ3n) is 3.04. The van der Waals surface area contributed by atoms with Gasteiger partial charge in [0.1, 0.15) is 17.3 Å². The van der Waals surface area contributed by atoms with E-state index in [1.165, 1.54) is 0 Å². The molecule has 1 heterocycles. The van der Waals surface area contributed by atoms with E-state index in [2.05, 4.69) is 9.84 Å². The van der Waals surface area contributed by atoms with Crippen LogP contribution in [0.5, 0.6) is 5.75 Å². The number of hydrogen-bond acceptors (Lipinski definition) is 4. The van der Waals surface area contributed by atoms with E-state index in [4.69, 9.17) is 16.3 Å². The summed E-state index contributed by atoms with van der Waals surface area (Å²) in [5.41, 5.74) is -1.53. The van der Waals surface area contributed by atoms with Crippen LogP contribution in [0.25, 0.3) is 11.3 Å². The number of esters is 1. The predicted molar refractivity (Wildman–Crippen MR) is 76.1 cm³/mol. The van der Waals surface area contributed by atoms with Crippen molar-refractivity contribution in [2.24, 2.45) is 7.05 Å². The van der Waals surface area contributed by atoms with Gasteiger partial charge in [0.25, 0.3) is 0 Å². The summed E-state index contributed by atoms with van der Waals surface area (Å²) in [6.45, 7) is -0.489. The van der Waals surface area contributed by atoms with Crippen molar-refractivity contribution >= 4 is 17.6 Å². The van der Waals surface area contributed by atoms with E-state index in [1.807, 2.05) is 0 Å². The van der Waals surface area contributed by atoms with Crippen LogP contribution < -0.4 is 4.74 Å². The van der Waals surface area contributed by atoms with Crippen LogP contribution in [0.3, 0.4) is 0 Å². The van der Waals surface area contributed by atoms with Gasteiger partial charge in [-0.15, -0.1) is 0 Å². The molecule has 130 valence electrons. The molecule has 0 amide bonds. The molecule has 0 spiro atoms. The number of nitrogens with zero attached hydrogens (tertiary/aromatic N) is 2. The molecule has 0 fully saturated rings. The molecule has 0 bridgehead atoms. The fraction of sp³-hybridized carbons (Fsp3) is 0.286. The SMILES string of the molecule is COC(=O)COc1cc(-c2cc(C(F)(F)F)n(C)n2)c(F)cc1Cl. The summed E-state index contributed by atoms with van der Waals surface area (Å²) in [6, 6.07) is 2.64. The summed E-state index contributed by atoms with van der Waals surface area (Å²) in [6.07, 6.45) is -4.63. The van der Waals surface area contributed by atoms with E-state index in [0.29, 0.717) is 10.7 Å². The maximum absolute atomic E-state index is 14.1. The smallest absolute Gasteiger partial charge is 0.433 e. The van der Waals surface area contributed by atoms with Gasteiger partial charge in [-0.2, -0.15) is 18.3 Å². The fourth-order valence-electron chi connectivity index (χ4n) is 1.90. The van der Waals surface area contributed by atoms with Crippen molar-refractivity contribution in [2.75, 3.05) is 13.7 Å². The Balaban J connectivity index is 2.42. The van der Waals surface area contributed by atoms with Gasteiger partial charge in [0.05, 0.1) is 17.8 Å². The zero-order valence-corrected chi connectivity index (χ0v) is 13.2. The Kier molecular flexibility index (Phi) is 5.02. The summed E-state index contributed by atoms with van der Waals surface area (Å²) in [5, 5.41) is 3.51. The summed E-state index contributed by atoms with van der Waals surface area (Å²) >= 11 is 5.80. The lowest BCUT2D eigenvalue weighted by atomic mass is 10.1. The van der Waals surface area contributed by atoms with Gasteiger partial charge in [-0.1, -0.05) is 11.6 Å². The number of hydrogen-bond donors (Lipinski definition) is 0. The minimum Gasteiger partial charge on any atom is -0.480 e.